The van der Waals surface area contributed by atoms with Gasteiger partial charge in [-0.1, -0.05) is 27.5 Å². The summed E-state index contributed by atoms with van der Waals surface area (Å²) in [5, 5.41) is -0.234. The lowest BCUT2D eigenvalue weighted by molar-refractivity contribution is 0.410. The minimum Gasteiger partial charge on any atom is -0.496 e. The largest absolute Gasteiger partial charge is 0.496 e. The van der Waals surface area contributed by atoms with Gasteiger partial charge in [-0.05, 0) is 36.4 Å². The lowest BCUT2D eigenvalue weighted by atomic mass is 10.0. The second kappa shape index (κ2) is 6.12. The summed E-state index contributed by atoms with van der Waals surface area (Å²) >= 11 is 15.6. The van der Waals surface area contributed by atoms with Crippen molar-refractivity contribution in [2.45, 2.75) is 5.38 Å². The Labute approximate surface area is 129 Å². The number of alkyl halides is 1. The molecule has 0 aliphatic rings. The van der Waals surface area contributed by atoms with Crippen LogP contribution in [0, 0.1) is 5.82 Å². The third-order valence-electron chi connectivity index (χ3n) is 2.70. The molecule has 2 rings (SSSR count). The Morgan fingerprint density at radius 3 is 2.58 bits per heavy atom. The molecule has 2 aromatic rings. The number of halogens is 4. The zero-order valence-corrected chi connectivity index (χ0v) is 13.1. The molecule has 5 heteroatoms. The average molecular weight is 364 g/mol. The number of benzene rings is 2. The van der Waals surface area contributed by atoms with E-state index in [0.717, 1.165) is 4.47 Å². The summed E-state index contributed by atoms with van der Waals surface area (Å²) in [6, 6.07) is 9.73. The van der Waals surface area contributed by atoms with E-state index in [1.165, 1.54) is 18.2 Å². The van der Waals surface area contributed by atoms with E-state index < -0.39 is 11.2 Å². The molecular formula is C14H10BrCl2FO. The van der Waals surface area contributed by atoms with Crippen LogP contribution in [0.1, 0.15) is 16.5 Å². The molecule has 19 heavy (non-hydrogen) atoms. The van der Waals surface area contributed by atoms with Crippen molar-refractivity contribution in [2.75, 3.05) is 7.11 Å². The van der Waals surface area contributed by atoms with Crippen LogP contribution in [0.4, 0.5) is 4.39 Å². The predicted octanol–water partition coefficient (Wildman–Crippen LogP) is 5.58. The molecule has 0 saturated heterocycles. The van der Waals surface area contributed by atoms with Crippen molar-refractivity contribution < 1.29 is 9.13 Å². The van der Waals surface area contributed by atoms with E-state index in [2.05, 4.69) is 15.9 Å². The molecule has 0 saturated carbocycles. The van der Waals surface area contributed by atoms with Crippen molar-refractivity contribution in [1.82, 2.24) is 0 Å². The summed E-state index contributed by atoms with van der Waals surface area (Å²) in [7, 11) is 1.55. The highest BCUT2D eigenvalue weighted by Crippen LogP contribution is 2.38. The number of ether oxygens (including phenoxy) is 1. The molecule has 0 fully saturated rings. The molecule has 0 radical (unpaired) electrons. The fraction of sp³-hybridized carbons (Fsp3) is 0.143. The first-order chi connectivity index (χ1) is 9.02. The normalized spacial score (nSPS) is 12.3. The second-order valence-corrected chi connectivity index (χ2v) is 5.70. The van der Waals surface area contributed by atoms with Crippen LogP contribution in [0.25, 0.3) is 0 Å². The van der Waals surface area contributed by atoms with Gasteiger partial charge < -0.3 is 4.74 Å². The summed E-state index contributed by atoms with van der Waals surface area (Å²) in [6.07, 6.45) is 0. The Hall–Kier alpha value is -0.770. The average Bonchev–Trinajstić information content (AvgIpc) is 2.40. The summed E-state index contributed by atoms with van der Waals surface area (Å²) < 4.78 is 19.9. The first-order valence-corrected chi connectivity index (χ1v) is 7.06. The first-order valence-electron chi connectivity index (χ1n) is 5.45. The van der Waals surface area contributed by atoms with Crippen LogP contribution in [0.3, 0.4) is 0 Å². The number of rotatable bonds is 3. The Balaban J connectivity index is 2.51. The van der Waals surface area contributed by atoms with Gasteiger partial charge in [0.1, 0.15) is 11.6 Å². The van der Waals surface area contributed by atoms with Crippen LogP contribution in [0.5, 0.6) is 5.75 Å². The highest BCUT2D eigenvalue weighted by atomic mass is 79.9. The third kappa shape index (κ3) is 3.22. The van der Waals surface area contributed by atoms with Gasteiger partial charge >= 0.3 is 0 Å². The van der Waals surface area contributed by atoms with Gasteiger partial charge in [-0.3, -0.25) is 0 Å². The Morgan fingerprint density at radius 1 is 1.16 bits per heavy atom. The molecular weight excluding hydrogens is 354 g/mol. The highest BCUT2D eigenvalue weighted by Gasteiger charge is 2.19. The number of hydrogen-bond donors (Lipinski definition) is 0. The predicted molar refractivity (Wildman–Crippen MR) is 79.8 cm³/mol. The van der Waals surface area contributed by atoms with E-state index in [-0.39, 0.29) is 0 Å². The van der Waals surface area contributed by atoms with Crippen molar-refractivity contribution in [3.8, 4) is 5.75 Å². The molecule has 1 atom stereocenters. The fourth-order valence-electron chi connectivity index (χ4n) is 1.78. The van der Waals surface area contributed by atoms with Gasteiger partial charge in [0.15, 0.2) is 0 Å². The van der Waals surface area contributed by atoms with E-state index in [9.17, 15) is 4.39 Å². The van der Waals surface area contributed by atoms with Crippen LogP contribution in [0.15, 0.2) is 40.9 Å². The Bertz CT molecular complexity index is 604. The zero-order valence-electron chi connectivity index (χ0n) is 9.96. The van der Waals surface area contributed by atoms with Gasteiger partial charge in [0.25, 0.3) is 0 Å². The number of hydrogen-bond acceptors (Lipinski definition) is 1. The Morgan fingerprint density at radius 2 is 1.89 bits per heavy atom. The highest BCUT2D eigenvalue weighted by molar-refractivity contribution is 9.10. The molecule has 0 spiro atoms. The van der Waals surface area contributed by atoms with E-state index in [4.69, 9.17) is 27.9 Å². The van der Waals surface area contributed by atoms with Crippen molar-refractivity contribution >= 4 is 39.1 Å². The molecule has 1 nitrogen and oxygen atoms in total. The van der Waals surface area contributed by atoms with Crippen LogP contribution in [0.2, 0.25) is 5.02 Å². The molecule has 0 heterocycles. The van der Waals surface area contributed by atoms with E-state index in [0.29, 0.717) is 21.9 Å². The van der Waals surface area contributed by atoms with Gasteiger partial charge in [-0.15, -0.1) is 11.6 Å². The molecule has 0 aromatic heterocycles. The number of methoxy groups -OCH3 is 1. The topological polar surface area (TPSA) is 9.23 Å². The van der Waals surface area contributed by atoms with Gasteiger partial charge in [0.05, 0.1) is 12.5 Å². The van der Waals surface area contributed by atoms with Gasteiger partial charge in [0, 0.05) is 20.6 Å². The van der Waals surface area contributed by atoms with Crippen LogP contribution < -0.4 is 4.74 Å². The second-order valence-electron chi connectivity index (χ2n) is 3.91. The van der Waals surface area contributed by atoms with E-state index in [1.807, 2.05) is 6.07 Å². The summed E-state index contributed by atoms with van der Waals surface area (Å²) in [5.41, 5.74) is 1.00. The van der Waals surface area contributed by atoms with E-state index >= 15 is 0 Å². The lowest BCUT2D eigenvalue weighted by Crippen LogP contribution is -2.00. The molecule has 0 amide bonds. The monoisotopic (exact) mass is 362 g/mol. The summed E-state index contributed by atoms with van der Waals surface area (Å²) in [6.45, 7) is 0. The van der Waals surface area contributed by atoms with Crippen LogP contribution in [-0.4, -0.2) is 7.11 Å². The van der Waals surface area contributed by atoms with Gasteiger partial charge in [-0.25, -0.2) is 4.39 Å². The zero-order chi connectivity index (χ0) is 14.0. The first kappa shape index (κ1) is 14.6. The minimum absolute atomic E-state index is 0.325. The Kier molecular flexibility index (Phi) is 4.71. The lowest BCUT2D eigenvalue weighted by Gasteiger charge is -2.15. The standard InChI is InChI=1S/C14H10BrCl2FO/c1-19-13-5-2-8(15)6-11(13)14(17)10-7-9(16)3-4-12(10)18/h2-7,14H,1H3. The summed E-state index contributed by atoms with van der Waals surface area (Å²) in [4.78, 5) is 0. The maximum absolute atomic E-state index is 13.8. The SMILES string of the molecule is COc1ccc(Br)cc1C(Cl)c1cc(Cl)ccc1F. The molecule has 0 N–H and O–H groups in total. The maximum Gasteiger partial charge on any atom is 0.128 e. The molecule has 0 aliphatic heterocycles. The quantitative estimate of drug-likeness (QED) is 0.647. The molecule has 0 aliphatic carbocycles. The van der Waals surface area contributed by atoms with Crippen LogP contribution in [-0.2, 0) is 0 Å². The smallest absolute Gasteiger partial charge is 0.128 e. The van der Waals surface area contributed by atoms with E-state index in [1.54, 1.807) is 19.2 Å². The molecule has 1 unspecified atom stereocenters. The molecule has 0 bridgehead atoms. The fourth-order valence-corrected chi connectivity index (χ4v) is 2.68. The van der Waals surface area contributed by atoms with Crippen molar-refractivity contribution in [3.63, 3.8) is 0 Å². The van der Waals surface area contributed by atoms with Gasteiger partial charge in [-0.2, -0.15) is 0 Å². The third-order valence-corrected chi connectivity index (χ3v) is 3.89. The van der Waals surface area contributed by atoms with Crippen molar-refractivity contribution in [3.05, 3.63) is 62.8 Å². The molecule has 2 aromatic carbocycles. The summed E-state index contributed by atoms with van der Waals surface area (Å²) in [5.74, 6) is 0.203. The minimum atomic E-state index is -0.675. The van der Waals surface area contributed by atoms with Crippen molar-refractivity contribution in [2.24, 2.45) is 0 Å². The maximum atomic E-state index is 13.8. The van der Waals surface area contributed by atoms with Gasteiger partial charge in [0.2, 0.25) is 0 Å². The van der Waals surface area contributed by atoms with Crippen molar-refractivity contribution in [1.29, 1.82) is 0 Å². The molecule has 100 valence electrons. The van der Waals surface area contributed by atoms with Crippen LogP contribution >= 0.6 is 39.1 Å².